The van der Waals surface area contributed by atoms with Gasteiger partial charge in [-0.1, -0.05) is 0 Å². The molecule has 0 fully saturated rings. The van der Waals surface area contributed by atoms with Crippen molar-refractivity contribution in [3.63, 3.8) is 0 Å². The summed E-state index contributed by atoms with van der Waals surface area (Å²) in [5.41, 5.74) is 0.302. The Hall–Kier alpha value is -1.87. The summed E-state index contributed by atoms with van der Waals surface area (Å²) in [5.74, 6) is -0.309. The molecular weight excluding hydrogens is 249 g/mol. The van der Waals surface area contributed by atoms with E-state index in [4.69, 9.17) is 5.14 Å². The van der Waals surface area contributed by atoms with Crippen molar-refractivity contribution in [3.05, 3.63) is 24.1 Å². The average Bonchev–Trinajstić information content (AvgIpc) is 2.61. The van der Waals surface area contributed by atoms with E-state index in [0.717, 1.165) is 6.20 Å². The molecule has 2 rings (SSSR count). The molecule has 2 heterocycles. The monoisotopic (exact) mass is 257 g/mol. The molecule has 0 atom stereocenters. The van der Waals surface area contributed by atoms with E-state index in [0.29, 0.717) is 5.69 Å². The van der Waals surface area contributed by atoms with Crippen LogP contribution in [0.1, 0.15) is 0 Å². The molecule has 2 aromatic heterocycles. The topological polar surface area (TPSA) is 104 Å². The first-order valence-corrected chi connectivity index (χ1v) is 5.98. The van der Waals surface area contributed by atoms with Crippen LogP contribution in [0.5, 0.6) is 0 Å². The van der Waals surface area contributed by atoms with Gasteiger partial charge in [0.25, 0.3) is 15.2 Å². The molecule has 0 saturated heterocycles. The summed E-state index contributed by atoms with van der Waals surface area (Å²) >= 11 is 0. The van der Waals surface area contributed by atoms with E-state index >= 15 is 0 Å². The Morgan fingerprint density at radius 1 is 1.35 bits per heavy atom. The highest BCUT2D eigenvalue weighted by Gasteiger charge is 2.19. The summed E-state index contributed by atoms with van der Waals surface area (Å²) in [7, 11) is -2.51. The van der Waals surface area contributed by atoms with E-state index in [1.54, 1.807) is 0 Å². The fraction of sp³-hybridized carbons (Fsp3) is 0.125. The van der Waals surface area contributed by atoms with Gasteiger partial charge in [-0.2, -0.15) is 0 Å². The van der Waals surface area contributed by atoms with E-state index < -0.39 is 15.8 Å². The fourth-order valence-corrected chi connectivity index (χ4v) is 1.92. The molecule has 90 valence electrons. The largest absolute Gasteiger partial charge is 0.299 e. The van der Waals surface area contributed by atoms with Crippen LogP contribution in [-0.4, -0.2) is 28.2 Å². The normalized spacial score (nSPS) is 11.7. The molecule has 0 saturated carbocycles. The summed E-state index contributed by atoms with van der Waals surface area (Å²) in [5, 5.41) is 11.7. The van der Waals surface area contributed by atoms with Crippen molar-refractivity contribution < 1.29 is 12.8 Å². The third-order valence-electron chi connectivity index (χ3n) is 2.05. The number of pyridine rings is 1. The number of rotatable bonds is 2. The zero-order chi connectivity index (χ0) is 12.6. The van der Waals surface area contributed by atoms with Crippen LogP contribution in [0.25, 0.3) is 11.5 Å². The Labute approximate surface area is 96.2 Å². The van der Waals surface area contributed by atoms with Crippen molar-refractivity contribution in [3.8, 4) is 11.5 Å². The number of nitrogens with zero attached hydrogens (tertiary/aromatic N) is 4. The van der Waals surface area contributed by atoms with E-state index in [1.807, 2.05) is 0 Å². The van der Waals surface area contributed by atoms with Crippen LogP contribution < -0.4 is 5.14 Å². The van der Waals surface area contributed by atoms with Crippen molar-refractivity contribution in [2.75, 3.05) is 0 Å². The number of hydrogen-bond acceptors (Lipinski definition) is 5. The highest BCUT2D eigenvalue weighted by atomic mass is 32.2. The zero-order valence-corrected chi connectivity index (χ0v) is 9.52. The van der Waals surface area contributed by atoms with Crippen LogP contribution in [-0.2, 0) is 17.1 Å². The summed E-state index contributed by atoms with van der Waals surface area (Å²) < 4.78 is 36.1. The van der Waals surface area contributed by atoms with E-state index in [9.17, 15) is 12.8 Å². The predicted molar refractivity (Wildman–Crippen MR) is 55.6 cm³/mol. The molecule has 0 spiro atoms. The highest BCUT2D eigenvalue weighted by molar-refractivity contribution is 7.89. The maximum atomic E-state index is 12.7. The van der Waals surface area contributed by atoms with Gasteiger partial charge in [0, 0.05) is 7.05 Å². The van der Waals surface area contributed by atoms with E-state index in [2.05, 4.69) is 15.2 Å². The van der Waals surface area contributed by atoms with Crippen molar-refractivity contribution in [1.82, 2.24) is 19.7 Å². The highest BCUT2D eigenvalue weighted by Crippen LogP contribution is 2.16. The molecule has 9 heteroatoms. The third kappa shape index (κ3) is 2.15. The summed E-state index contributed by atoms with van der Waals surface area (Å²) in [4.78, 5) is 3.77. The molecule has 7 nitrogen and oxygen atoms in total. The average molecular weight is 257 g/mol. The number of sulfonamides is 1. The van der Waals surface area contributed by atoms with Crippen LogP contribution in [0.4, 0.5) is 4.39 Å². The summed E-state index contributed by atoms with van der Waals surface area (Å²) in [6.07, 6.45) is 1.00. The Morgan fingerprint density at radius 3 is 2.53 bits per heavy atom. The van der Waals surface area contributed by atoms with Gasteiger partial charge in [0.05, 0.1) is 6.20 Å². The first-order valence-electron chi connectivity index (χ1n) is 4.43. The molecule has 0 aromatic carbocycles. The van der Waals surface area contributed by atoms with Crippen molar-refractivity contribution >= 4 is 10.0 Å². The van der Waals surface area contributed by atoms with Crippen LogP contribution in [0, 0.1) is 5.82 Å². The van der Waals surface area contributed by atoms with Gasteiger partial charge in [0.15, 0.2) is 5.82 Å². The van der Waals surface area contributed by atoms with Gasteiger partial charge < -0.3 is 0 Å². The van der Waals surface area contributed by atoms with E-state index in [-0.39, 0.29) is 11.0 Å². The van der Waals surface area contributed by atoms with Crippen LogP contribution in [0.2, 0.25) is 0 Å². The van der Waals surface area contributed by atoms with Gasteiger partial charge in [0.2, 0.25) is 0 Å². The molecule has 0 aliphatic heterocycles. The Kier molecular flexibility index (Phi) is 2.63. The number of aromatic nitrogens is 4. The molecule has 0 radical (unpaired) electrons. The van der Waals surface area contributed by atoms with Gasteiger partial charge in [-0.25, -0.2) is 22.9 Å². The van der Waals surface area contributed by atoms with Gasteiger partial charge >= 0.3 is 0 Å². The van der Waals surface area contributed by atoms with Crippen molar-refractivity contribution in [2.24, 2.45) is 12.2 Å². The quantitative estimate of drug-likeness (QED) is 0.792. The second-order valence-electron chi connectivity index (χ2n) is 3.27. The SMILES string of the molecule is Cn1c(-c2ccc(F)cn2)nnc1S(N)(=O)=O. The maximum Gasteiger partial charge on any atom is 0.273 e. The molecule has 2 aromatic rings. The second-order valence-corrected chi connectivity index (χ2v) is 4.73. The molecule has 0 aliphatic carbocycles. The standard InChI is InChI=1S/C8H8FN5O2S/c1-14-7(6-3-2-5(9)4-11-6)12-13-8(14)17(10,15)16/h2-4H,1H3,(H2,10,15,16). The molecule has 2 N–H and O–H groups in total. The molecule has 0 unspecified atom stereocenters. The second kappa shape index (κ2) is 3.86. The summed E-state index contributed by atoms with van der Waals surface area (Å²) in [6.45, 7) is 0. The van der Waals surface area contributed by atoms with Gasteiger partial charge in [-0.15, -0.1) is 10.2 Å². The zero-order valence-electron chi connectivity index (χ0n) is 8.70. The Morgan fingerprint density at radius 2 is 2.06 bits per heavy atom. The molecule has 0 bridgehead atoms. The first-order chi connectivity index (χ1) is 7.89. The van der Waals surface area contributed by atoms with Gasteiger partial charge in [-0.05, 0) is 12.1 Å². The maximum absolute atomic E-state index is 12.7. The minimum Gasteiger partial charge on any atom is -0.299 e. The molecular formula is C8H8FN5O2S. The van der Waals surface area contributed by atoms with Gasteiger partial charge in [-0.3, -0.25) is 4.57 Å². The lowest BCUT2D eigenvalue weighted by atomic mass is 10.3. The van der Waals surface area contributed by atoms with E-state index in [1.165, 1.54) is 23.7 Å². The van der Waals surface area contributed by atoms with Crippen LogP contribution in [0.3, 0.4) is 0 Å². The smallest absolute Gasteiger partial charge is 0.273 e. The molecule has 0 aliphatic rings. The Bertz CT molecular complexity index is 649. The number of primary sulfonamides is 1. The van der Waals surface area contributed by atoms with Gasteiger partial charge in [0.1, 0.15) is 11.5 Å². The van der Waals surface area contributed by atoms with Crippen LogP contribution in [0.15, 0.2) is 23.5 Å². The number of nitrogens with two attached hydrogens (primary N) is 1. The first kappa shape index (κ1) is 11.6. The number of halogens is 1. The fourth-order valence-electron chi connectivity index (χ4n) is 1.29. The lowest BCUT2D eigenvalue weighted by Crippen LogP contribution is -2.17. The van der Waals surface area contributed by atoms with Crippen molar-refractivity contribution in [1.29, 1.82) is 0 Å². The number of hydrogen-bond donors (Lipinski definition) is 1. The summed E-state index contributed by atoms with van der Waals surface area (Å²) in [6, 6.07) is 2.56. The minimum absolute atomic E-state index is 0.189. The lowest BCUT2D eigenvalue weighted by molar-refractivity contribution is 0.580. The lowest BCUT2D eigenvalue weighted by Gasteiger charge is -2.01. The third-order valence-corrected chi connectivity index (χ3v) is 2.91. The molecule has 17 heavy (non-hydrogen) atoms. The van der Waals surface area contributed by atoms with Crippen molar-refractivity contribution in [2.45, 2.75) is 5.16 Å². The molecule has 0 amide bonds. The predicted octanol–water partition coefficient (Wildman–Crippen LogP) is -0.336. The minimum atomic E-state index is -3.94. The Balaban J connectivity index is 2.55. The van der Waals surface area contributed by atoms with Crippen LogP contribution >= 0.6 is 0 Å².